The molecule has 0 saturated heterocycles. The SMILES string of the molecule is C[C@]1(C(=O)NC2CCCC2)Cn2c(c(-n3cccc3)c3ccccc32)C(=O)N1CCc1cccs1. The van der Waals surface area contributed by atoms with Crippen LogP contribution in [0.4, 0.5) is 0 Å². The van der Waals surface area contributed by atoms with E-state index in [2.05, 4.69) is 33.5 Å². The van der Waals surface area contributed by atoms with Crippen LogP contribution in [0.25, 0.3) is 16.6 Å². The lowest BCUT2D eigenvalue weighted by molar-refractivity contribution is -0.133. The molecule has 1 aliphatic heterocycles. The number of aromatic nitrogens is 2. The number of carbonyl (C=O) groups is 2. The van der Waals surface area contributed by atoms with Crippen molar-refractivity contribution in [1.82, 2.24) is 19.4 Å². The first kappa shape index (κ1) is 22.2. The van der Waals surface area contributed by atoms with Gasteiger partial charge in [0.25, 0.3) is 5.91 Å². The Bertz CT molecular complexity index is 1370. The van der Waals surface area contributed by atoms with Crippen molar-refractivity contribution in [1.29, 1.82) is 0 Å². The minimum atomic E-state index is -0.973. The van der Waals surface area contributed by atoms with Crippen molar-refractivity contribution >= 4 is 34.1 Å². The predicted octanol–water partition coefficient (Wildman–Crippen LogP) is 5.01. The van der Waals surface area contributed by atoms with E-state index in [0.29, 0.717) is 18.8 Å². The van der Waals surface area contributed by atoms with Crippen molar-refractivity contribution in [3.63, 3.8) is 0 Å². The standard InChI is InChI=1S/C28H30N4O2S/c1-28(27(34)29-20-9-2-3-10-20)19-31-23-13-5-4-12-22(23)24(30-15-6-7-16-30)25(31)26(33)32(28)17-14-21-11-8-18-35-21/h4-8,11-13,15-16,18,20H,2-3,9-10,14,17,19H2,1H3,(H,29,34)/t28-/m1/s1. The van der Waals surface area contributed by atoms with Crippen LogP contribution in [0.5, 0.6) is 0 Å². The van der Waals surface area contributed by atoms with Gasteiger partial charge in [-0.1, -0.05) is 37.1 Å². The molecular weight excluding hydrogens is 456 g/mol. The minimum absolute atomic E-state index is 0.0464. The Morgan fingerprint density at radius 2 is 1.86 bits per heavy atom. The molecule has 1 saturated carbocycles. The molecule has 35 heavy (non-hydrogen) atoms. The molecule has 4 aromatic rings. The predicted molar refractivity (Wildman–Crippen MR) is 139 cm³/mol. The molecule has 0 spiro atoms. The van der Waals surface area contributed by atoms with Crippen LogP contribution in [0.15, 0.2) is 66.3 Å². The van der Waals surface area contributed by atoms with E-state index in [0.717, 1.165) is 48.7 Å². The quantitative estimate of drug-likeness (QED) is 0.417. The third-order valence-corrected chi connectivity index (χ3v) is 8.59. The van der Waals surface area contributed by atoms with Crippen LogP contribution in [-0.4, -0.2) is 44.0 Å². The van der Waals surface area contributed by atoms with Crippen LogP contribution in [0.3, 0.4) is 0 Å². The largest absolute Gasteiger partial charge is 0.351 e. The molecule has 6 rings (SSSR count). The van der Waals surface area contributed by atoms with Gasteiger partial charge in [0, 0.05) is 35.2 Å². The molecule has 1 aromatic carbocycles. The molecule has 3 aromatic heterocycles. The van der Waals surface area contributed by atoms with E-state index < -0.39 is 5.54 Å². The maximum atomic E-state index is 14.3. The second-order valence-electron chi connectivity index (χ2n) is 9.91. The van der Waals surface area contributed by atoms with Crippen molar-refractivity contribution in [3.05, 3.63) is 76.9 Å². The molecular formula is C28H30N4O2S. The topological polar surface area (TPSA) is 59.3 Å². The van der Waals surface area contributed by atoms with Gasteiger partial charge in [-0.2, -0.15) is 0 Å². The summed E-state index contributed by atoms with van der Waals surface area (Å²) in [6.45, 7) is 2.87. The molecule has 1 atom stereocenters. The van der Waals surface area contributed by atoms with Crippen molar-refractivity contribution in [2.24, 2.45) is 0 Å². The Hall–Kier alpha value is -3.32. The molecule has 1 aliphatic carbocycles. The molecule has 4 heterocycles. The van der Waals surface area contributed by atoms with Crippen molar-refractivity contribution < 1.29 is 9.59 Å². The number of amides is 2. The van der Waals surface area contributed by atoms with E-state index in [4.69, 9.17) is 0 Å². The summed E-state index contributed by atoms with van der Waals surface area (Å²) in [5, 5.41) is 6.37. The van der Waals surface area contributed by atoms with E-state index in [-0.39, 0.29) is 17.9 Å². The van der Waals surface area contributed by atoms with Gasteiger partial charge >= 0.3 is 0 Å². The molecule has 1 N–H and O–H groups in total. The molecule has 0 radical (unpaired) electrons. The van der Waals surface area contributed by atoms with Gasteiger partial charge in [-0.25, -0.2) is 0 Å². The van der Waals surface area contributed by atoms with E-state index in [9.17, 15) is 9.59 Å². The molecule has 1 fully saturated rings. The van der Waals surface area contributed by atoms with Crippen molar-refractivity contribution in [2.45, 2.75) is 57.2 Å². The van der Waals surface area contributed by atoms with E-state index in [1.807, 2.05) is 59.1 Å². The summed E-state index contributed by atoms with van der Waals surface area (Å²) < 4.78 is 4.09. The number of para-hydroxylation sites is 1. The maximum Gasteiger partial charge on any atom is 0.273 e. The Morgan fingerprint density at radius 3 is 2.60 bits per heavy atom. The molecule has 0 unspecified atom stereocenters. The van der Waals surface area contributed by atoms with Gasteiger partial charge in [-0.3, -0.25) is 9.59 Å². The summed E-state index contributed by atoms with van der Waals surface area (Å²) in [5.74, 6) is -0.133. The number of nitrogens with zero attached hydrogens (tertiary/aromatic N) is 3. The number of carbonyl (C=O) groups excluding carboxylic acids is 2. The average molecular weight is 487 g/mol. The zero-order chi connectivity index (χ0) is 24.0. The Labute approximate surface area is 209 Å². The number of nitrogens with one attached hydrogen (secondary N) is 1. The van der Waals surface area contributed by atoms with Gasteiger partial charge in [0.1, 0.15) is 11.2 Å². The van der Waals surface area contributed by atoms with E-state index >= 15 is 0 Å². The summed E-state index contributed by atoms with van der Waals surface area (Å²) in [7, 11) is 0. The van der Waals surface area contributed by atoms with Crippen LogP contribution in [-0.2, 0) is 17.8 Å². The first-order chi connectivity index (χ1) is 17.1. The zero-order valence-electron chi connectivity index (χ0n) is 19.9. The smallest absolute Gasteiger partial charge is 0.273 e. The fraction of sp³-hybridized carbons (Fsp3) is 0.357. The molecule has 180 valence electrons. The summed E-state index contributed by atoms with van der Waals surface area (Å²) in [4.78, 5) is 31.2. The van der Waals surface area contributed by atoms with Gasteiger partial charge in [0.05, 0.1) is 17.7 Å². The number of thiophene rings is 1. The summed E-state index contributed by atoms with van der Waals surface area (Å²) in [6, 6.07) is 16.4. The molecule has 2 amide bonds. The van der Waals surface area contributed by atoms with Gasteiger partial charge in [0.2, 0.25) is 5.91 Å². The highest BCUT2D eigenvalue weighted by molar-refractivity contribution is 7.09. The number of hydrogen-bond donors (Lipinski definition) is 1. The summed E-state index contributed by atoms with van der Waals surface area (Å²) in [6.07, 6.45) is 9.01. The van der Waals surface area contributed by atoms with E-state index in [1.165, 1.54) is 4.88 Å². The number of benzene rings is 1. The molecule has 7 heteroatoms. The van der Waals surface area contributed by atoms with Crippen molar-refractivity contribution in [2.75, 3.05) is 6.54 Å². The lowest BCUT2D eigenvalue weighted by Crippen LogP contribution is -2.65. The number of hydrogen-bond acceptors (Lipinski definition) is 3. The maximum absolute atomic E-state index is 14.3. The Kier molecular flexibility index (Phi) is 5.52. The molecule has 2 aliphatic rings. The fourth-order valence-electron chi connectivity index (χ4n) is 5.79. The highest BCUT2D eigenvalue weighted by atomic mass is 32.1. The second-order valence-corrected chi connectivity index (χ2v) is 10.9. The van der Waals surface area contributed by atoms with Gasteiger partial charge in [-0.15, -0.1) is 11.3 Å². The van der Waals surface area contributed by atoms with Gasteiger partial charge in [0.15, 0.2) is 0 Å². The zero-order valence-corrected chi connectivity index (χ0v) is 20.8. The summed E-state index contributed by atoms with van der Waals surface area (Å²) in [5.41, 5.74) is 1.55. The van der Waals surface area contributed by atoms with Crippen LogP contribution in [0.1, 0.15) is 48.0 Å². The van der Waals surface area contributed by atoms with Gasteiger partial charge in [-0.05, 0) is 55.8 Å². The second kappa shape index (κ2) is 8.72. The monoisotopic (exact) mass is 486 g/mol. The van der Waals surface area contributed by atoms with Crippen molar-refractivity contribution in [3.8, 4) is 5.69 Å². The van der Waals surface area contributed by atoms with Gasteiger partial charge < -0.3 is 19.4 Å². The first-order valence-electron chi connectivity index (χ1n) is 12.5. The van der Waals surface area contributed by atoms with Crippen LogP contribution in [0.2, 0.25) is 0 Å². The highest BCUT2D eigenvalue weighted by Crippen LogP contribution is 2.38. The van der Waals surface area contributed by atoms with Crippen LogP contribution >= 0.6 is 11.3 Å². The Balaban J connectivity index is 1.47. The number of fused-ring (bicyclic) bond motifs is 3. The van der Waals surface area contributed by atoms with E-state index in [1.54, 1.807) is 11.3 Å². The summed E-state index contributed by atoms with van der Waals surface area (Å²) >= 11 is 1.69. The van der Waals surface area contributed by atoms with Crippen LogP contribution < -0.4 is 5.32 Å². The molecule has 6 nitrogen and oxygen atoms in total. The normalized spacial score (nSPS) is 20.5. The first-order valence-corrected chi connectivity index (χ1v) is 13.3. The minimum Gasteiger partial charge on any atom is -0.351 e. The number of rotatable bonds is 6. The lowest BCUT2D eigenvalue weighted by Gasteiger charge is -2.44. The molecule has 0 bridgehead atoms. The highest BCUT2D eigenvalue weighted by Gasteiger charge is 2.49. The average Bonchev–Trinajstić information content (AvgIpc) is 3.66. The Morgan fingerprint density at radius 1 is 1.09 bits per heavy atom. The third-order valence-electron chi connectivity index (χ3n) is 7.66. The third kappa shape index (κ3) is 3.69. The fourth-order valence-corrected chi connectivity index (χ4v) is 6.48. The lowest BCUT2D eigenvalue weighted by atomic mass is 9.93. The van der Waals surface area contributed by atoms with Crippen LogP contribution in [0, 0.1) is 0 Å².